The fourth-order valence-electron chi connectivity index (χ4n) is 2.67. The Hall–Kier alpha value is 0.394. The highest BCUT2D eigenvalue weighted by atomic mass is 29.2. The van der Waals surface area contributed by atoms with E-state index >= 15 is 0 Å². The molecule has 0 aromatic carbocycles. The third kappa shape index (κ3) is 3.21. The average molecular weight is 228 g/mol. The van der Waals surface area contributed by atoms with Crippen LogP contribution < -0.4 is 0 Å². The van der Waals surface area contributed by atoms with Crippen LogP contribution in [-0.2, 0) is 4.74 Å². The van der Waals surface area contributed by atoms with Crippen LogP contribution in [0.1, 0.15) is 25.7 Å². The molecule has 0 aromatic rings. The van der Waals surface area contributed by atoms with Crippen molar-refractivity contribution in [3.8, 4) is 0 Å². The number of fused-ring (bicyclic) bond motifs is 1. The van der Waals surface area contributed by atoms with Crippen molar-refractivity contribution < 1.29 is 4.74 Å². The molecule has 1 saturated carbocycles. The summed E-state index contributed by atoms with van der Waals surface area (Å²) in [5.41, 5.74) is 0. The topological polar surface area (TPSA) is 12.5 Å². The lowest BCUT2D eigenvalue weighted by atomic mass is 9.88. The van der Waals surface area contributed by atoms with E-state index < -0.39 is 7.59 Å². The summed E-state index contributed by atoms with van der Waals surface area (Å²) in [6, 6.07) is 1.61. The lowest BCUT2D eigenvalue weighted by molar-refractivity contribution is 0.357. The lowest BCUT2D eigenvalue weighted by Gasteiger charge is -2.21. The summed E-state index contributed by atoms with van der Waals surface area (Å²) in [4.78, 5) is 0. The molecule has 1 heterocycles. The van der Waals surface area contributed by atoms with Crippen LogP contribution in [0.5, 0.6) is 0 Å². The highest BCUT2D eigenvalue weighted by Crippen LogP contribution is 2.40. The molecule has 2 aliphatic rings. The SMILES string of the molecule is C[Si](C)(C)[SiH2]CCC1CCC2OC2C1. The molecule has 2 rings (SSSR count). The summed E-state index contributed by atoms with van der Waals surface area (Å²) in [5.74, 6) is 1.03. The maximum Gasteiger partial charge on any atom is 0.0844 e. The second kappa shape index (κ2) is 4.10. The van der Waals surface area contributed by atoms with Crippen molar-refractivity contribution in [2.45, 2.75) is 63.6 Å². The van der Waals surface area contributed by atoms with E-state index in [1.165, 1.54) is 25.7 Å². The highest BCUT2D eigenvalue weighted by molar-refractivity contribution is 7.23. The zero-order valence-electron chi connectivity index (χ0n) is 9.88. The van der Waals surface area contributed by atoms with Crippen molar-refractivity contribution in [3.05, 3.63) is 0 Å². The van der Waals surface area contributed by atoms with Crippen molar-refractivity contribution in [2.24, 2.45) is 5.92 Å². The predicted molar refractivity (Wildman–Crippen MR) is 67.3 cm³/mol. The van der Waals surface area contributed by atoms with Crippen LogP contribution in [0.3, 0.4) is 0 Å². The quantitative estimate of drug-likeness (QED) is 0.532. The Kier molecular flexibility index (Phi) is 3.19. The first-order chi connectivity index (χ1) is 6.54. The van der Waals surface area contributed by atoms with E-state index in [0.29, 0.717) is 21.2 Å². The summed E-state index contributed by atoms with van der Waals surface area (Å²) < 4.78 is 5.58. The van der Waals surface area contributed by atoms with Gasteiger partial charge in [-0.3, -0.25) is 0 Å². The van der Waals surface area contributed by atoms with E-state index in [0.717, 1.165) is 5.92 Å². The number of hydrogen-bond acceptors (Lipinski definition) is 1. The molecule has 0 bridgehead atoms. The van der Waals surface area contributed by atoms with Crippen molar-refractivity contribution in [1.29, 1.82) is 0 Å². The summed E-state index contributed by atoms with van der Waals surface area (Å²) >= 11 is 0. The van der Waals surface area contributed by atoms with E-state index in [1.807, 2.05) is 0 Å². The molecule has 3 atom stereocenters. The van der Waals surface area contributed by atoms with Crippen molar-refractivity contribution >= 4 is 16.6 Å². The molecular formula is C11H24OSi2. The molecule has 2 fully saturated rings. The van der Waals surface area contributed by atoms with E-state index in [2.05, 4.69) is 19.6 Å². The zero-order chi connectivity index (χ0) is 10.2. The Bertz CT molecular complexity index is 200. The molecule has 1 aliphatic heterocycles. The fourth-order valence-corrected chi connectivity index (χ4v) is 8.31. The van der Waals surface area contributed by atoms with Gasteiger partial charge >= 0.3 is 0 Å². The molecule has 3 unspecified atom stereocenters. The Morgan fingerprint density at radius 2 is 2.00 bits per heavy atom. The number of rotatable bonds is 4. The monoisotopic (exact) mass is 228 g/mol. The van der Waals surface area contributed by atoms with Gasteiger partial charge in [0, 0.05) is 16.6 Å². The first kappa shape index (κ1) is 10.9. The smallest absolute Gasteiger partial charge is 0.0844 e. The first-order valence-electron chi connectivity index (χ1n) is 6.20. The molecule has 14 heavy (non-hydrogen) atoms. The first-order valence-corrected chi connectivity index (χ1v) is 13.0. The summed E-state index contributed by atoms with van der Waals surface area (Å²) in [5, 5.41) is 0. The maximum absolute atomic E-state index is 5.58. The summed E-state index contributed by atoms with van der Waals surface area (Å²) in [7, 11) is -0.341. The standard InChI is InChI=1S/C11H24OSi2/c1-14(2,3)13-7-6-9-4-5-10-11(8-9)12-10/h9-11H,4-8,13H2,1-3H3. The minimum absolute atomic E-state index is 0.299. The molecule has 0 amide bonds. The van der Waals surface area contributed by atoms with Crippen LogP contribution in [-0.4, -0.2) is 28.8 Å². The van der Waals surface area contributed by atoms with Gasteiger partial charge in [0.05, 0.1) is 12.2 Å². The Morgan fingerprint density at radius 1 is 1.21 bits per heavy atom. The second-order valence-corrected chi connectivity index (χ2v) is 20.5. The van der Waals surface area contributed by atoms with Crippen molar-refractivity contribution in [3.63, 3.8) is 0 Å². The van der Waals surface area contributed by atoms with Gasteiger partial charge in [0.25, 0.3) is 0 Å². The Labute approximate surface area is 91.2 Å². The highest BCUT2D eigenvalue weighted by Gasteiger charge is 2.43. The van der Waals surface area contributed by atoms with E-state index in [1.54, 1.807) is 6.04 Å². The third-order valence-electron chi connectivity index (χ3n) is 3.65. The van der Waals surface area contributed by atoms with Gasteiger partial charge in [-0.25, -0.2) is 0 Å². The molecule has 82 valence electrons. The molecule has 1 saturated heterocycles. The van der Waals surface area contributed by atoms with Gasteiger partial charge in [-0.1, -0.05) is 32.1 Å². The van der Waals surface area contributed by atoms with Crippen molar-refractivity contribution in [1.82, 2.24) is 0 Å². The molecule has 1 aliphatic carbocycles. The van der Waals surface area contributed by atoms with Crippen LogP contribution in [0, 0.1) is 5.92 Å². The van der Waals surface area contributed by atoms with E-state index in [9.17, 15) is 0 Å². The molecule has 0 radical (unpaired) electrons. The van der Waals surface area contributed by atoms with Gasteiger partial charge in [-0.15, -0.1) is 0 Å². The van der Waals surface area contributed by atoms with Gasteiger partial charge in [0.2, 0.25) is 0 Å². The van der Waals surface area contributed by atoms with Crippen LogP contribution in [0.25, 0.3) is 0 Å². The van der Waals surface area contributed by atoms with Crippen molar-refractivity contribution in [2.75, 3.05) is 0 Å². The molecule has 3 heteroatoms. The number of epoxide rings is 1. The van der Waals surface area contributed by atoms with Gasteiger partial charge < -0.3 is 4.74 Å². The number of hydrogen-bond donors (Lipinski definition) is 0. The zero-order valence-corrected chi connectivity index (χ0v) is 12.3. The molecular weight excluding hydrogens is 204 g/mol. The summed E-state index contributed by atoms with van der Waals surface area (Å²) in [6.45, 7) is 7.63. The van der Waals surface area contributed by atoms with Gasteiger partial charge in [-0.05, 0) is 25.2 Å². The lowest BCUT2D eigenvalue weighted by Crippen LogP contribution is -2.30. The van der Waals surface area contributed by atoms with Gasteiger partial charge in [0.15, 0.2) is 0 Å². The second-order valence-electron chi connectivity index (χ2n) is 6.34. The minimum Gasteiger partial charge on any atom is -0.370 e. The minimum atomic E-state index is -0.641. The van der Waals surface area contributed by atoms with E-state index in [4.69, 9.17) is 4.74 Å². The molecule has 0 N–H and O–H groups in total. The maximum atomic E-state index is 5.58. The van der Waals surface area contributed by atoms with Gasteiger partial charge in [0.1, 0.15) is 0 Å². The van der Waals surface area contributed by atoms with Crippen LogP contribution in [0.2, 0.25) is 25.7 Å². The molecule has 1 nitrogen and oxygen atoms in total. The molecule has 0 spiro atoms. The predicted octanol–water partition coefficient (Wildman–Crippen LogP) is 2.37. The van der Waals surface area contributed by atoms with Crippen LogP contribution >= 0.6 is 0 Å². The van der Waals surface area contributed by atoms with E-state index in [-0.39, 0.29) is 0 Å². The molecule has 0 aromatic heterocycles. The Morgan fingerprint density at radius 3 is 2.64 bits per heavy atom. The number of ether oxygens (including phenoxy) is 1. The van der Waals surface area contributed by atoms with Crippen LogP contribution in [0.4, 0.5) is 0 Å². The Balaban J connectivity index is 1.61. The third-order valence-corrected chi connectivity index (χ3v) is 11.5. The average Bonchev–Trinajstić information content (AvgIpc) is 2.79. The summed E-state index contributed by atoms with van der Waals surface area (Å²) in [6.07, 6.45) is 7.14. The van der Waals surface area contributed by atoms with Crippen LogP contribution in [0.15, 0.2) is 0 Å². The fraction of sp³-hybridized carbons (Fsp3) is 1.00. The normalized spacial score (nSPS) is 37.5. The largest absolute Gasteiger partial charge is 0.370 e. The van der Waals surface area contributed by atoms with Gasteiger partial charge in [-0.2, -0.15) is 0 Å².